The predicted octanol–water partition coefficient (Wildman–Crippen LogP) is 4.80. The highest BCUT2D eigenvalue weighted by molar-refractivity contribution is 5.94. The second-order valence-corrected chi connectivity index (χ2v) is 12.4. The van der Waals surface area contributed by atoms with E-state index in [1.807, 2.05) is 30.3 Å². The van der Waals surface area contributed by atoms with Crippen molar-refractivity contribution in [3.05, 3.63) is 71.8 Å². The van der Waals surface area contributed by atoms with Crippen molar-refractivity contribution >= 4 is 23.9 Å². The summed E-state index contributed by atoms with van der Waals surface area (Å²) >= 11 is 0. The van der Waals surface area contributed by atoms with Crippen LogP contribution in [0.3, 0.4) is 0 Å². The van der Waals surface area contributed by atoms with Crippen LogP contribution in [0.1, 0.15) is 72.6 Å². The molecule has 0 aromatic heterocycles. The minimum absolute atomic E-state index is 0.204. The van der Waals surface area contributed by atoms with Crippen molar-refractivity contribution in [2.45, 2.75) is 91.1 Å². The van der Waals surface area contributed by atoms with Gasteiger partial charge in [0.1, 0.15) is 29.3 Å². The summed E-state index contributed by atoms with van der Waals surface area (Å²) in [4.78, 5) is 54.8. The van der Waals surface area contributed by atoms with Gasteiger partial charge in [0.2, 0.25) is 11.8 Å². The first kappa shape index (κ1) is 33.3. The molecule has 2 aromatic rings. The van der Waals surface area contributed by atoms with Crippen LogP contribution in [0.25, 0.3) is 0 Å². The molecule has 3 amide bonds. The first-order chi connectivity index (χ1) is 19.0. The molecule has 0 aliphatic rings. The average molecular weight is 568 g/mol. The lowest BCUT2D eigenvalue weighted by Crippen LogP contribution is -2.55. The minimum Gasteiger partial charge on any atom is -0.458 e. The lowest BCUT2D eigenvalue weighted by molar-refractivity contribution is -0.159. The molecule has 41 heavy (non-hydrogen) atoms. The third-order valence-electron chi connectivity index (χ3n) is 5.99. The summed E-state index contributed by atoms with van der Waals surface area (Å²) in [7, 11) is 1.51. The van der Waals surface area contributed by atoms with Gasteiger partial charge in [0.25, 0.3) is 0 Å². The SMILES string of the molecule is CC(C)C(NC(=O)OC(C)(C)C)C(=O)N(C)C(C(=O)NC(Cc1ccccc1)C(=O)OC(C)(C)C)c1ccccc1. The summed E-state index contributed by atoms with van der Waals surface area (Å²) in [5.41, 5.74) is -0.128. The van der Waals surface area contributed by atoms with E-state index in [9.17, 15) is 19.2 Å². The van der Waals surface area contributed by atoms with E-state index in [4.69, 9.17) is 9.47 Å². The molecule has 0 spiro atoms. The topological polar surface area (TPSA) is 114 Å². The number of rotatable bonds is 10. The zero-order valence-corrected chi connectivity index (χ0v) is 25.7. The van der Waals surface area contributed by atoms with Gasteiger partial charge in [0.15, 0.2) is 0 Å². The van der Waals surface area contributed by atoms with Crippen LogP contribution in [0, 0.1) is 5.92 Å². The molecule has 2 rings (SSSR count). The average Bonchev–Trinajstić information content (AvgIpc) is 2.85. The summed E-state index contributed by atoms with van der Waals surface area (Å²) in [5, 5.41) is 5.50. The fourth-order valence-electron chi connectivity index (χ4n) is 4.15. The second kappa shape index (κ2) is 14.1. The zero-order chi connectivity index (χ0) is 31.0. The normalized spacial score (nSPS) is 13.9. The van der Waals surface area contributed by atoms with E-state index in [2.05, 4.69) is 10.6 Å². The second-order valence-electron chi connectivity index (χ2n) is 12.4. The number of nitrogens with zero attached hydrogens (tertiary/aromatic N) is 1. The van der Waals surface area contributed by atoms with Crippen LogP contribution in [-0.2, 0) is 30.3 Å². The molecule has 0 aliphatic heterocycles. The maximum absolute atomic E-state index is 13.9. The fourth-order valence-corrected chi connectivity index (χ4v) is 4.15. The molecule has 0 bridgehead atoms. The highest BCUT2D eigenvalue weighted by Crippen LogP contribution is 2.23. The fraction of sp³-hybridized carbons (Fsp3) is 0.500. The Bertz CT molecular complexity index is 1170. The molecular weight excluding hydrogens is 522 g/mol. The molecule has 224 valence electrons. The molecule has 3 unspecified atom stereocenters. The smallest absolute Gasteiger partial charge is 0.408 e. The minimum atomic E-state index is -1.09. The maximum Gasteiger partial charge on any atom is 0.408 e. The number of esters is 1. The third kappa shape index (κ3) is 10.9. The Kier molecular flexibility index (Phi) is 11.5. The monoisotopic (exact) mass is 567 g/mol. The van der Waals surface area contributed by atoms with Gasteiger partial charge in [-0.1, -0.05) is 74.5 Å². The van der Waals surface area contributed by atoms with Crippen LogP contribution in [0.4, 0.5) is 4.79 Å². The molecular formula is C32H45N3O6. The number of alkyl carbamates (subject to hydrolysis) is 1. The quantitative estimate of drug-likeness (QED) is 0.399. The van der Waals surface area contributed by atoms with Gasteiger partial charge in [-0.05, 0) is 58.6 Å². The summed E-state index contributed by atoms with van der Waals surface area (Å²) in [6.45, 7) is 14.1. The predicted molar refractivity (Wildman–Crippen MR) is 158 cm³/mol. The van der Waals surface area contributed by atoms with E-state index in [1.54, 1.807) is 85.7 Å². The van der Waals surface area contributed by atoms with Gasteiger partial charge in [-0.25, -0.2) is 9.59 Å². The van der Waals surface area contributed by atoms with Crippen molar-refractivity contribution in [3.63, 3.8) is 0 Å². The Morgan fingerprint density at radius 3 is 1.78 bits per heavy atom. The molecule has 0 saturated heterocycles. The summed E-state index contributed by atoms with van der Waals surface area (Å²) < 4.78 is 11.0. The zero-order valence-electron chi connectivity index (χ0n) is 25.7. The number of carbonyl (C=O) groups excluding carboxylic acids is 4. The number of amides is 3. The highest BCUT2D eigenvalue weighted by Gasteiger charge is 2.37. The Balaban J connectivity index is 2.41. The van der Waals surface area contributed by atoms with Gasteiger partial charge in [-0.3, -0.25) is 9.59 Å². The van der Waals surface area contributed by atoms with Gasteiger partial charge >= 0.3 is 12.1 Å². The molecule has 3 atom stereocenters. The third-order valence-corrected chi connectivity index (χ3v) is 5.99. The van der Waals surface area contributed by atoms with Crippen LogP contribution < -0.4 is 10.6 Å². The molecule has 0 saturated carbocycles. The van der Waals surface area contributed by atoms with E-state index in [-0.39, 0.29) is 12.3 Å². The van der Waals surface area contributed by atoms with Gasteiger partial charge in [-0.15, -0.1) is 0 Å². The number of benzene rings is 2. The molecule has 9 nitrogen and oxygen atoms in total. The molecule has 2 N–H and O–H groups in total. The van der Waals surface area contributed by atoms with Gasteiger partial charge in [0.05, 0.1) is 0 Å². The Morgan fingerprint density at radius 2 is 1.29 bits per heavy atom. The van der Waals surface area contributed by atoms with E-state index in [1.165, 1.54) is 11.9 Å². The number of carbonyl (C=O) groups is 4. The molecule has 9 heteroatoms. The van der Waals surface area contributed by atoms with Crippen molar-refractivity contribution < 1.29 is 28.7 Å². The molecule has 0 radical (unpaired) electrons. The van der Waals surface area contributed by atoms with Crippen LogP contribution in [0.2, 0.25) is 0 Å². The van der Waals surface area contributed by atoms with E-state index in [0.717, 1.165) is 5.56 Å². The lowest BCUT2D eigenvalue weighted by atomic mass is 9.99. The maximum atomic E-state index is 13.9. The Hall–Kier alpha value is -3.88. The summed E-state index contributed by atoms with van der Waals surface area (Å²) in [6, 6.07) is 15.1. The number of nitrogens with one attached hydrogen (secondary N) is 2. The summed E-state index contributed by atoms with van der Waals surface area (Å²) in [5.74, 6) is -1.92. The van der Waals surface area contributed by atoms with Crippen molar-refractivity contribution in [1.82, 2.24) is 15.5 Å². The Morgan fingerprint density at radius 1 is 0.780 bits per heavy atom. The van der Waals surface area contributed by atoms with E-state index >= 15 is 0 Å². The van der Waals surface area contributed by atoms with Crippen molar-refractivity contribution in [3.8, 4) is 0 Å². The number of hydrogen-bond acceptors (Lipinski definition) is 6. The van der Waals surface area contributed by atoms with Crippen LogP contribution in [0.15, 0.2) is 60.7 Å². The van der Waals surface area contributed by atoms with Crippen LogP contribution in [-0.4, -0.2) is 59.1 Å². The molecule has 2 aromatic carbocycles. The van der Waals surface area contributed by atoms with Gasteiger partial charge in [0, 0.05) is 13.5 Å². The Labute approximate surface area is 244 Å². The first-order valence-corrected chi connectivity index (χ1v) is 13.9. The number of hydrogen-bond donors (Lipinski definition) is 2. The highest BCUT2D eigenvalue weighted by atomic mass is 16.6. The van der Waals surface area contributed by atoms with Crippen molar-refractivity contribution in [2.24, 2.45) is 5.92 Å². The van der Waals surface area contributed by atoms with Crippen LogP contribution >= 0.6 is 0 Å². The van der Waals surface area contributed by atoms with Crippen LogP contribution in [0.5, 0.6) is 0 Å². The van der Waals surface area contributed by atoms with Crippen molar-refractivity contribution in [1.29, 1.82) is 0 Å². The number of ether oxygens (including phenoxy) is 2. The molecule has 0 fully saturated rings. The van der Waals surface area contributed by atoms with E-state index < -0.39 is 53.2 Å². The lowest BCUT2D eigenvalue weighted by Gasteiger charge is -2.34. The van der Waals surface area contributed by atoms with Gasteiger partial charge < -0.3 is 25.0 Å². The standard InChI is InChI=1S/C32H45N3O6/c1-21(2)25(34-30(39)41-32(6,7)8)28(37)35(9)26(23-18-14-11-15-19-23)27(36)33-24(29(38)40-31(3,4)5)20-22-16-12-10-13-17-22/h10-19,21,24-26H,20H2,1-9H3,(H,33,36)(H,34,39). The van der Waals surface area contributed by atoms with Crippen molar-refractivity contribution in [2.75, 3.05) is 7.05 Å². The molecule has 0 heterocycles. The largest absolute Gasteiger partial charge is 0.458 e. The number of likely N-dealkylation sites (N-methyl/N-ethyl adjacent to an activating group) is 1. The summed E-state index contributed by atoms with van der Waals surface area (Å²) in [6.07, 6.45) is -0.526. The first-order valence-electron chi connectivity index (χ1n) is 13.9. The van der Waals surface area contributed by atoms with Gasteiger partial charge in [-0.2, -0.15) is 0 Å². The van der Waals surface area contributed by atoms with E-state index in [0.29, 0.717) is 5.56 Å². The molecule has 0 aliphatic carbocycles.